The highest BCUT2D eigenvalue weighted by Gasteiger charge is 2.20. The first-order chi connectivity index (χ1) is 15.0. The normalized spacial score (nSPS) is 10.9. The van der Waals surface area contributed by atoms with E-state index in [4.69, 9.17) is 5.10 Å². The summed E-state index contributed by atoms with van der Waals surface area (Å²) >= 11 is 3.23. The average molecular weight is 449 g/mol. The van der Waals surface area contributed by atoms with Crippen molar-refractivity contribution in [2.75, 3.05) is 7.05 Å². The molecule has 0 fully saturated rings. The van der Waals surface area contributed by atoms with Gasteiger partial charge in [0.25, 0.3) is 5.91 Å². The van der Waals surface area contributed by atoms with Gasteiger partial charge in [-0.05, 0) is 38.1 Å². The molecule has 0 N–H and O–H groups in total. The molecular weight excluding hydrogens is 424 g/mol. The highest BCUT2D eigenvalue weighted by molar-refractivity contribution is 7.98. The Bertz CT molecular complexity index is 1170. The van der Waals surface area contributed by atoms with Gasteiger partial charge >= 0.3 is 0 Å². The van der Waals surface area contributed by atoms with Crippen LogP contribution in [0.15, 0.2) is 70.4 Å². The lowest BCUT2D eigenvalue weighted by Crippen LogP contribution is -2.27. The minimum Gasteiger partial charge on any atom is -0.337 e. The van der Waals surface area contributed by atoms with E-state index in [1.165, 1.54) is 0 Å². The van der Waals surface area contributed by atoms with Gasteiger partial charge in [0.05, 0.1) is 28.1 Å². The molecule has 1 amide bonds. The Labute approximate surface area is 190 Å². The zero-order valence-corrected chi connectivity index (χ0v) is 19.4. The second-order valence-corrected chi connectivity index (χ2v) is 9.06. The Morgan fingerprint density at radius 2 is 1.84 bits per heavy atom. The van der Waals surface area contributed by atoms with E-state index >= 15 is 0 Å². The minimum absolute atomic E-state index is 0.00707. The van der Waals surface area contributed by atoms with Gasteiger partial charge in [0.2, 0.25) is 0 Å². The third kappa shape index (κ3) is 4.73. The highest BCUT2D eigenvalue weighted by atomic mass is 32.2. The number of para-hydroxylation sites is 1. The number of carbonyl (C=O) groups is 1. The third-order valence-electron chi connectivity index (χ3n) is 5.16. The summed E-state index contributed by atoms with van der Waals surface area (Å²) in [6.45, 7) is 4.56. The molecular formula is C24H24N4OS2. The van der Waals surface area contributed by atoms with E-state index in [-0.39, 0.29) is 5.91 Å². The lowest BCUT2D eigenvalue weighted by atomic mass is 10.1. The fraction of sp³-hybridized carbons (Fsp3) is 0.208. The SMILES string of the molecule is Cc1nn(-c2ccccc2)c(C)c1CN(C)C(=O)c1ccccc1SCc1cscn1. The van der Waals surface area contributed by atoms with Crippen LogP contribution in [0.4, 0.5) is 0 Å². The monoisotopic (exact) mass is 448 g/mol. The number of benzene rings is 2. The molecule has 0 aliphatic heterocycles. The summed E-state index contributed by atoms with van der Waals surface area (Å²) in [5, 5.41) is 6.75. The fourth-order valence-corrected chi connectivity index (χ4v) is 5.08. The van der Waals surface area contributed by atoms with Gasteiger partial charge in [0.1, 0.15) is 0 Å². The van der Waals surface area contributed by atoms with E-state index in [9.17, 15) is 4.79 Å². The molecule has 4 aromatic rings. The van der Waals surface area contributed by atoms with Gasteiger partial charge in [0, 0.05) is 40.9 Å². The largest absolute Gasteiger partial charge is 0.337 e. The molecule has 2 aromatic heterocycles. The lowest BCUT2D eigenvalue weighted by Gasteiger charge is -2.19. The van der Waals surface area contributed by atoms with Crippen LogP contribution in [0.1, 0.15) is 33.0 Å². The van der Waals surface area contributed by atoms with Crippen LogP contribution in [-0.2, 0) is 12.3 Å². The maximum absolute atomic E-state index is 13.3. The summed E-state index contributed by atoms with van der Waals surface area (Å²) in [5.74, 6) is 0.757. The summed E-state index contributed by atoms with van der Waals surface area (Å²) in [4.78, 5) is 20.4. The Morgan fingerprint density at radius 3 is 2.58 bits per heavy atom. The Kier molecular flexibility index (Phi) is 6.53. The van der Waals surface area contributed by atoms with Gasteiger partial charge < -0.3 is 4.90 Å². The van der Waals surface area contributed by atoms with Crippen LogP contribution < -0.4 is 0 Å². The van der Waals surface area contributed by atoms with Crippen molar-refractivity contribution >= 4 is 29.0 Å². The van der Waals surface area contributed by atoms with Gasteiger partial charge in [-0.15, -0.1) is 23.1 Å². The zero-order valence-electron chi connectivity index (χ0n) is 17.8. The number of amides is 1. The van der Waals surface area contributed by atoms with Crippen LogP contribution in [0, 0.1) is 13.8 Å². The third-order valence-corrected chi connectivity index (χ3v) is 6.90. The molecule has 0 atom stereocenters. The van der Waals surface area contributed by atoms with Crippen LogP contribution in [0.25, 0.3) is 5.69 Å². The van der Waals surface area contributed by atoms with Gasteiger partial charge in [-0.2, -0.15) is 5.10 Å². The van der Waals surface area contributed by atoms with Crippen molar-refractivity contribution in [3.8, 4) is 5.69 Å². The number of aryl methyl sites for hydroxylation is 1. The van der Waals surface area contributed by atoms with Crippen LogP contribution in [0.5, 0.6) is 0 Å². The standard InChI is InChI=1S/C24H24N4OS2/c1-17-22(18(2)28(26-17)20-9-5-4-6-10-20)13-27(3)24(29)21-11-7-8-12-23(21)31-15-19-14-30-16-25-19/h4-12,14,16H,13,15H2,1-3H3. The second-order valence-electron chi connectivity index (χ2n) is 7.32. The first-order valence-corrected chi connectivity index (χ1v) is 11.9. The number of carbonyl (C=O) groups excluding carboxylic acids is 1. The number of hydrogen-bond donors (Lipinski definition) is 0. The predicted molar refractivity (Wildman–Crippen MR) is 127 cm³/mol. The van der Waals surface area contributed by atoms with Gasteiger partial charge in [0.15, 0.2) is 0 Å². The maximum atomic E-state index is 13.3. The average Bonchev–Trinajstić information content (AvgIpc) is 3.41. The number of nitrogens with zero attached hydrogens (tertiary/aromatic N) is 4. The summed E-state index contributed by atoms with van der Waals surface area (Å²) in [6, 6.07) is 17.9. The molecule has 158 valence electrons. The van der Waals surface area contributed by atoms with Crippen molar-refractivity contribution < 1.29 is 4.79 Å². The molecule has 0 radical (unpaired) electrons. The van der Waals surface area contributed by atoms with Crippen LogP contribution in [0.3, 0.4) is 0 Å². The molecule has 0 spiro atoms. The van der Waals surface area contributed by atoms with Crippen LogP contribution in [-0.4, -0.2) is 32.6 Å². The molecule has 7 heteroatoms. The number of thiazole rings is 1. The molecule has 4 rings (SSSR count). The molecule has 2 aromatic carbocycles. The van der Waals surface area contributed by atoms with E-state index < -0.39 is 0 Å². The van der Waals surface area contributed by atoms with Crippen molar-refractivity contribution in [3.05, 3.63) is 93.7 Å². The van der Waals surface area contributed by atoms with Crippen molar-refractivity contribution in [3.63, 3.8) is 0 Å². The number of hydrogen-bond acceptors (Lipinski definition) is 5. The maximum Gasteiger partial charge on any atom is 0.255 e. The summed E-state index contributed by atoms with van der Waals surface area (Å²) in [7, 11) is 1.85. The van der Waals surface area contributed by atoms with Crippen molar-refractivity contribution in [1.82, 2.24) is 19.7 Å². The van der Waals surface area contributed by atoms with Crippen molar-refractivity contribution in [2.24, 2.45) is 0 Å². The summed E-state index contributed by atoms with van der Waals surface area (Å²) in [5.41, 5.74) is 7.67. The Hall–Kier alpha value is -2.90. The van der Waals surface area contributed by atoms with E-state index in [0.29, 0.717) is 6.54 Å². The molecule has 31 heavy (non-hydrogen) atoms. The Morgan fingerprint density at radius 1 is 1.10 bits per heavy atom. The van der Waals surface area contributed by atoms with E-state index in [2.05, 4.69) is 11.9 Å². The van der Waals surface area contributed by atoms with Gasteiger partial charge in [-0.25, -0.2) is 9.67 Å². The fourth-order valence-electron chi connectivity index (χ4n) is 3.47. The zero-order chi connectivity index (χ0) is 21.8. The smallest absolute Gasteiger partial charge is 0.255 e. The minimum atomic E-state index is 0.00707. The predicted octanol–water partition coefficient (Wildman–Crippen LogP) is 5.51. The van der Waals surface area contributed by atoms with Gasteiger partial charge in [-0.1, -0.05) is 30.3 Å². The summed E-state index contributed by atoms with van der Waals surface area (Å²) in [6.07, 6.45) is 0. The van der Waals surface area contributed by atoms with Crippen molar-refractivity contribution in [2.45, 2.75) is 31.0 Å². The lowest BCUT2D eigenvalue weighted by molar-refractivity contribution is 0.0781. The number of thioether (sulfide) groups is 1. The topological polar surface area (TPSA) is 51.0 Å². The molecule has 0 aliphatic rings. The van der Waals surface area contributed by atoms with E-state index in [1.54, 1.807) is 28.0 Å². The van der Waals surface area contributed by atoms with E-state index in [1.807, 2.05) is 84.1 Å². The molecule has 0 aliphatic carbocycles. The molecule has 0 unspecified atom stereocenters. The number of aromatic nitrogens is 3. The summed E-state index contributed by atoms with van der Waals surface area (Å²) < 4.78 is 1.95. The van der Waals surface area contributed by atoms with Gasteiger partial charge in [-0.3, -0.25) is 4.79 Å². The first-order valence-electron chi connectivity index (χ1n) is 9.99. The quantitative estimate of drug-likeness (QED) is 0.350. The second kappa shape index (κ2) is 9.49. The van der Waals surface area contributed by atoms with Crippen LogP contribution >= 0.6 is 23.1 Å². The molecule has 0 bridgehead atoms. The van der Waals surface area contributed by atoms with Crippen molar-refractivity contribution in [1.29, 1.82) is 0 Å². The molecule has 2 heterocycles. The highest BCUT2D eigenvalue weighted by Crippen LogP contribution is 2.28. The molecule has 5 nitrogen and oxygen atoms in total. The molecule has 0 saturated carbocycles. The first kappa shape index (κ1) is 21.3. The number of rotatable bonds is 7. The Balaban J connectivity index is 1.53. The van der Waals surface area contributed by atoms with Crippen LogP contribution in [0.2, 0.25) is 0 Å². The molecule has 0 saturated heterocycles. The van der Waals surface area contributed by atoms with E-state index in [0.717, 1.165) is 44.5 Å².